The quantitative estimate of drug-likeness (QED) is 0.172. The third-order valence-electron chi connectivity index (χ3n) is 4.65. The van der Waals surface area contributed by atoms with Gasteiger partial charge in [0.2, 0.25) is 0 Å². The van der Waals surface area contributed by atoms with Gasteiger partial charge < -0.3 is 0 Å². The van der Waals surface area contributed by atoms with Gasteiger partial charge in [-0.2, -0.15) is 0 Å². The van der Waals surface area contributed by atoms with Crippen LogP contribution in [-0.2, 0) is 4.79 Å². The molecule has 0 spiro atoms. The lowest BCUT2D eigenvalue weighted by molar-refractivity contribution is -0.119. The summed E-state index contributed by atoms with van der Waals surface area (Å²) in [5.74, 6) is 1.23. The van der Waals surface area contributed by atoms with Crippen molar-refractivity contribution in [2.75, 3.05) is 5.88 Å². The maximum Gasteiger partial charge on any atom is 0.132 e. The lowest BCUT2D eigenvalue weighted by Gasteiger charge is -2.03. The van der Waals surface area contributed by atoms with Gasteiger partial charge in [0.15, 0.2) is 0 Å². The van der Waals surface area contributed by atoms with E-state index < -0.39 is 0 Å². The van der Waals surface area contributed by atoms with E-state index in [-0.39, 0.29) is 0 Å². The molecule has 0 saturated heterocycles. The molecule has 0 heterocycles. The minimum atomic E-state index is 0.475. The summed E-state index contributed by atoms with van der Waals surface area (Å²) in [6.07, 6.45) is 22.4. The van der Waals surface area contributed by atoms with Gasteiger partial charge in [-0.1, -0.05) is 90.4 Å². The first kappa shape index (κ1) is 23.0. The van der Waals surface area contributed by atoms with Gasteiger partial charge in [-0.05, 0) is 19.3 Å². The summed E-state index contributed by atoms with van der Waals surface area (Å²) in [4.78, 5) is 11.7. The Morgan fingerprint density at radius 3 is 1.30 bits per heavy atom. The molecule has 0 rings (SSSR count). The van der Waals surface area contributed by atoms with Crippen LogP contribution in [0.3, 0.4) is 0 Å². The number of ketones is 1. The van der Waals surface area contributed by atoms with E-state index in [1.54, 1.807) is 0 Å². The first-order valence-corrected chi connectivity index (χ1v) is 10.9. The molecular formula is C21H41ClO. The summed E-state index contributed by atoms with van der Waals surface area (Å²) >= 11 is 5.64. The van der Waals surface area contributed by atoms with Gasteiger partial charge >= 0.3 is 0 Å². The average Bonchev–Trinajstić information content (AvgIpc) is 2.55. The Bertz CT molecular complexity index is 240. The number of alkyl halides is 1. The highest BCUT2D eigenvalue weighted by molar-refractivity contribution is 6.17. The maximum atomic E-state index is 11.7. The molecule has 0 aliphatic carbocycles. The van der Waals surface area contributed by atoms with Crippen LogP contribution in [0.4, 0.5) is 0 Å². The molecule has 0 aromatic heterocycles. The van der Waals surface area contributed by atoms with E-state index in [2.05, 4.69) is 6.92 Å². The van der Waals surface area contributed by atoms with Gasteiger partial charge in [0.1, 0.15) is 5.78 Å². The summed E-state index contributed by atoms with van der Waals surface area (Å²) in [5, 5.41) is 0. The van der Waals surface area contributed by atoms with Gasteiger partial charge in [-0.15, -0.1) is 11.6 Å². The Morgan fingerprint density at radius 2 is 0.913 bits per heavy atom. The highest BCUT2D eigenvalue weighted by atomic mass is 35.5. The number of hydrogen-bond donors (Lipinski definition) is 0. The van der Waals surface area contributed by atoms with Gasteiger partial charge in [0, 0.05) is 18.7 Å². The van der Waals surface area contributed by atoms with Crippen molar-refractivity contribution in [3.8, 4) is 0 Å². The summed E-state index contributed by atoms with van der Waals surface area (Å²) in [7, 11) is 0. The molecule has 23 heavy (non-hydrogen) atoms. The van der Waals surface area contributed by atoms with Crippen molar-refractivity contribution >= 4 is 17.4 Å². The third kappa shape index (κ3) is 19.9. The molecule has 0 aromatic carbocycles. The van der Waals surface area contributed by atoms with Crippen LogP contribution in [0.1, 0.15) is 122 Å². The van der Waals surface area contributed by atoms with Crippen molar-refractivity contribution in [1.29, 1.82) is 0 Å². The second-order valence-corrected chi connectivity index (χ2v) is 7.41. The van der Waals surface area contributed by atoms with E-state index in [1.165, 1.54) is 77.0 Å². The van der Waals surface area contributed by atoms with Gasteiger partial charge in [0.05, 0.1) is 0 Å². The van der Waals surface area contributed by atoms with Gasteiger partial charge in [0.25, 0.3) is 0 Å². The molecule has 0 aliphatic rings. The molecule has 2 heteroatoms. The number of unbranched alkanes of at least 4 members (excludes halogenated alkanes) is 14. The number of carbonyl (C=O) groups excluding carboxylic acids is 1. The maximum absolute atomic E-state index is 11.7. The highest BCUT2D eigenvalue weighted by Gasteiger charge is 2.01. The standard InChI is InChI=1S/C21H41ClO/c1-2-3-4-5-6-7-8-9-10-11-12-15-18-21(23)19-16-13-14-17-20-22/h2-20H2,1H3. The average molecular weight is 345 g/mol. The van der Waals surface area contributed by atoms with Crippen LogP contribution in [0.15, 0.2) is 0 Å². The molecular weight excluding hydrogens is 304 g/mol. The van der Waals surface area contributed by atoms with Gasteiger partial charge in [-0.3, -0.25) is 4.79 Å². The van der Waals surface area contributed by atoms with Crippen molar-refractivity contribution in [3.05, 3.63) is 0 Å². The van der Waals surface area contributed by atoms with E-state index >= 15 is 0 Å². The summed E-state index contributed by atoms with van der Waals surface area (Å²) in [5.41, 5.74) is 0. The molecule has 0 N–H and O–H groups in total. The molecule has 0 bridgehead atoms. The van der Waals surface area contributed by atoms with Crippen LogP contribution in [0.5, 0.6) is 0 Å². The first-order chi connectivity index (χ1) is 11.3. The third-order valence-corrected chi connectivity index (χ3v) is 4.92. The highest BCUT2D eigenvalue weighted by Crippen LogP contribution is 2.13. The van der Waals surface area contributed by atoms with Crippen LogP contribution in [0.2, 0.25) is 0 Å². The molecule has 0 unspecified atom stereocenters. The van der Waals surface area contributed by atoms with E-state index in [0.29, 0.717) is 5.78 Å². The van der Waals surface area contributed by atoms with Crippen molar-refractivity contribution in [3.63, 3.8) is 0 Å². The zero-order chi connectivity index (χ0) is 17.0. The van der Waals surface area contributed by atoms with E-state index in [1.807, 2.05) is 0 Å². The molecule has 0 amide bonds. The second-order valence-electron chi connectivity index (χ2n) is 7.03. The SMILES string of the molecule is CCCCCCCCCCCCCCC(=O)CCCCCCCl. The van der Waals surface area contributed by atoms with E-state index in [0.717, 1.165) is 44.4 Å². The predicted octanol–water partition coefficient (Wildman–Crippen LogP) is 7.84. The summed E-state index contributed by atoms with van der Waals surface area (Å²) < 4.78 is 0. The van der Waals surface area contributed by atoms with E-state index in [4.69, 9.17) is 11.6 Å². The minimum Gasteiger partial charge on any atom is -0.300 e. The van der Waals surface area contributed by atoms with Crippen molar-refractivity contribution < 1.29 is 4.79 Å². The fraction of sp³-hybridized carbons (Fsp3) is 0.952. The smallest absolute Gasteiger partial charge is 0.132 e. The zero-order valence-corrected chi connectivity index (χ0v) is 16.5. The van der Waals surface area contributed by atoms with Crippen LogP contribution in [-0.4, -0.2) is 11.7 Å². The van der Waals surface area contributed by atoms with Crippen molar-refractivity contribution in [2.24, 2.45) is 0 Å². The molecule has 0 atom stereocenters. The zero-order valence-electron chi connectivity index (χ0n) is 15.7. The molecule has 0 radical (unpaired) electrons. The number of Topliss-reactive ketones (excluding diaryl/α,β-unsaturated/α-hetero) is 1. The van der Waals surface area contributed by atoms with Crippen molar-refractivity contribution in [1.82, 2.24) is 0 Å². The Morgan fingerprint density at radius 1 is 0.565 bits per heavy atom. The fourth-order valence-electron chi connectivity index (χ4n) is 3.06. The van der Waals surface area contributed by atoms with Gasteiger partial charge in [-0.25, -0.2) is 0 Å². The first-order valence-electron chi connectivity index (χ1n) is 10.4. The summed E-state index contributed by atoms with van der Waals surface area (Å²) in [6, 6.07) is 0. The Kier molecular flexibility index (Phi) is 20.0. The summed E-state index contributed by atoms with van der Waals surface area (Å²) in [6.45, 7) is 2.27. The Hall–Kier alpha value is -0.0400. The fourth-order valence-corrected chi connectivity index (χ4v) is 3.25. The van der Waals surface area contributed by atoms with Crippen LogP contribution in [0.25, 0.3) is 0 Å². The van der Waals surface area contributed by atoms with Crippen LogP contribution >= 0.6 is 11.6 Å². The molecule has 0 aliphatic heterocycles. The molecule has 1 nitrogen and oxygen atoms in total. The Labute approximate surface area is 151 Å². The largest absolute Gasteiger partial charge is 0.300 e. The van der Waals surface area contributed by atoms with Crippen LogP contribution < -0.4 is 0 Å². The lowest BCUT2D eigenvalue weighted by Crippen LogP contribution is -1.97. The molecule has 0 fully saturated rings. The monoisotopic (exact) mass is 344 g/mol. The molecule has 138 valence electrons. The number of carbonyl (C=O) groups is 1. The number of halogens is 1. The topological polar surface area (TPSA) is 17.1 Å². The minimum absolute atomic E-state index is 0.475. The normalized spacial score (nSPS) is 11.0. The number of hydrogen-bond acceptors (Lipinski definition) is 1. The molecule has 0 aromatic rings. The number of rotatable bonds is 19. The van der Waals surface area contributed by atoms with Crippen molar-refractivity contribution in [2.45, 2.75) is 122 Å². The Balaban J connectivity index is 3.10. The second kappa shape index (κ2) is 20.0. The van der Waals surface area contributed by atoms with Crippen LogP contribution in [0, 0.1) is 0 Å². The molecule has 0 saturated carbocycles. The lowest BCUT2D eigenvalue weighted by atomic mass is 10.0. The van der Waals surface area contributed by atoms with E-state index in [9.17, 15) is 4.79 Å². The predicted molar refractivity (Wildman–Crippen MR) is 105 cm³/mol.